The highest BCUT2D eigenvalue weighted by molar-refractivity contribution is 7.16. The molecule has 2 N–H and O–H groups in total. The molecule has 2 aliphatic heterocycles. The van der Waals surface area contributed by atoms with E-state index in [-0.39, 0.29) is 5.91 Å². The van der Waals surface area contributed by atoms with Crippen LogP contribution in [0.25, 0.3) is 0 Å². The molecule has 0 saturated heterocycles. The number of amides is 1. The van der Waals surface area contributed by atoms with Crippen LogP contribution in [-0.2, 0) is 19.5 Å². The fraction of sp³-hybridized carbons (Fsp3) is 0.200. The van der Waals surface area contributed by atoms with Crippen LogP contribution in [0.3, 0.4) is 0 Å². The Morgan fingerprint density at radius 2 is 1.76 bits per heavy atom. The Kier molecular flexibility index (Phi) is 6.57. The van der Waals surface area contributed by atoms with E-state index in [0.29, 0.717) is 17.1 Å². The van der Waals surface area contributed by atoms with Crippen molar-refractivity contribution < 1.29 is 19.1 Å². The standard InChI is InChI=1S/C30H27N3O4S/c1-36-24-16-21(12-13-23(24)37-30(35)20-10-6-3-7-11-20)27-31-28(34)26-22-14-15-33(17-19-8-4-2-5-9-19)18-25(22)38-29(26)32-27/h2-13,16,27,32H,14-15,17-18H2,1H3,(H,31,34). The lowest BCUT2D eigenvalue weighted by atomic mass is 10.00. The quantitative estimate of drug-likeness (QED) is 0.260. The summed E-state index contributed by atoms with van der Waals surface area (Å²) in [5.41, 5.74) is 4.47. The van der Waals surface area contributed by atoms with Gasteiger partial charge in [-0.25, -0.2) is 4.79 Å². The SMILES string of the molecule is COc1cc(C2NC(=O)c3c(sc4c3CCN(Cc3ccccc3)C4)N2)ccc1OC(=O)c1ccccc1. The maximum atomic E-state index is 13.2. The first-order chi connectivity index (χ1) is 18.6. The number of carbonyl (C=O) groups excluding carboxylic acids is 2. The largest absolute Gasteiger partial charge is 0.493 e. The number of anilines is 1. The second-order valence-corrected chi connectivity index (χ2v) is 10.5. The van der Waals surface area contributed by atoms with Gasteiger partial charge < -0.3 is 20.1 Å². The van der Waals surface area contributed by atoms with E-state index >= 15 is 0 Å². The van der Waals surface area contributed by atoms with Crippen molar-refractivity contribution in [2.75, 3.05) is 19.0 Å². The first-order valence-electron chi connectivity index (χ1n) is 12.5. The molecule has 7 nitrogen and oxygen atoms in total. The van der Waals surface area contributed by atoms with Crippen LogP contribution in [0.1, 0.15) is 48.4 Å². The molecule has 4 aromatic rings. The van der Waals surface area contributed by atoms with Crippen molar-refractivity contribution >= 4 is 28.2 Å². The summed E-state index contributed by atoms with van der Waals surface area (Å²) in [6, 6.07) is 24.6. The molecule has 0 saturated carbocycles. The van der Waals surface area contributed by atoms with Crippen molar-refractivity contribution in [3.63, 3.8) is 0 Å². The number of carbonyl (C=O) groups is 2. The summed E-state index contributed by atoms with van der Waals surface area (Å²) in [7, 11) is 1.53. The van der Waals surface area contributed by atoms with Gasteiger partial charge in [0.05, 0.1) is 18.2 Å². The molecule has 3 heterocycles. The van der Waals surface area contributed by atoms with Gasteiger partial charge in [-0.15, -0.1) is 11.3 Å². The number of fused-ring (bicyclic) bond motifs is 3. The van der Waals surface area contributed by atoms with Gasteiger partial charge in [-0.1, -0.05) is 54.6 Å². The minimum Gasteiger partial charge on any atom is -0.493 e. The third-order valence-electron chi connectivity index (χ3n) is 6.90. The summed E-state index contributed by atoms with van der Waals surface area (Å²) in [5, 5.41) is 7.49. The van der Waals surface area contributed by atoms with Gasteiger partial charge >= 0.3 is 5.97 Å². The third kappa shape index (κ3) is 4.76. The molecule has 1 aromatic heterocycles. The number of nitrogens with one attached hydrogen (secondary N) is 2. The molecule has 8 heteroatoms. The van der Waals surface area contributed by atoms with Crippen LogP contribution in [-0.4, -0.2) is 30.4 Å². The Morgan fingerprint density at radius 3 is 2.53 bits per heavy atom. The van der Waals surface area contributed by atoms with Crippen molar-refractivity contribution in [1.29, 1.82) is 0 Å². The Morgan fingerprint density at radius 1 is 1.00 bits per heavy atom. The van der Waals surface area contributed by atoms with Crippen LogP contribution in [0.15, 0.2) is 78.9 Å². The topological polar surface area (TPSA) is 79.9 Å². The number of esters is 1. The van der Waals surface area contributed by atoms with E-state index in [4.69, 9.17) is 9.47 Å². The summed E-state index contributed by atoms with van der Waals surface area (Å²) in [5.74, 6) is 0.195. The predicted octanol–water partition coefficient (Wildman–Crippen LogP) is 5.39. The Bertz CT molecular complexity index is 1490. The highest BCUT2D eigenvalue weighted by Crippen LogP contribution is 2.41. The van der Waals surface area contributed by atoms with E-state index in [9.17, 15) is 9.59 Å². The number of hydrogen-bond donors (Lipinski definition) is 2. The number of ether oxygens (including phenoxy) is 2. The smallest absolute Gasteiger partial charge is 0.343 e. The van der Waals surface area contributed by atoms with Crippen LogP contribution in [0.2, 0.25) is 0 Å². The summed E-state index contributed by atoms with van der Waals surface area (Å²) in [4.78, 5) is 29.4. The molecule has 38 heavy (non-hydrogen) atoms. The number of thiophene rings is 1. The van der Waals surface area contributed by atoms with Gasteiger partial charge in [-0.2, -0.15) is 0 Å². The summed E-state index contributed by atoms with van der Waals surface area (Å²) in [6.07, 6.45) is 0.423. The molecular formula is C30H27N3O4S. The van der Waals surface area contributed by atoms with Crippen molar-refractivity contribution in [2.45, 2.75) is 25.7 Å². The van der Waals surface area contributed by atoms with Crippen molar-refractivity contribution in [1.82, 2.24) is 10.2 Å². The first-order valence-corrected chi connectivity index (χ1v) is 13.3. The van der Waals surface area contributed by atoms with E-state index in [2.05, 4.69) is 39.8 Å². The zero-order valence-corrected chi connectivity index (χ0v) is 21.7. The Balaban J connectivity index is 1.19. The second kappa shape index (κ2) is 10.3. The van der Waals surface area contributed by atoms with Gasteiger partial charge in [-0.05, 0) is 47.4 Å². The fourth-order valence-corrected chi connectivity index (χ4v) is 6.31. The number of rotatable bonds is 6. The van der Waals surface area contributed by atoms with Crippen molar-refractivity contribution in [3.05, 3.63) is 112 Å². The predicted molar refractivity (Wildman–Crippen MR) is 147 cm³/mol. The summed E-state index contributed by atoms with van der Waals surface area (Å²) < 4.78 is 11.1. The lowest BCUT2D eigenvalue weighted by Crippen LogP contribution is -2.38. The molecule has 1 amide bonds. The lowest BCUT2D eigenvalue weighted by molar-refractivity contribution is 0.0729. The Labute approximate surface area is 225 Å². The summed E-state index contributed by atoms with van der Waals surface area (Å²) >= 11 is 1.66. The van der Waals surface area contributed by atoms with E-state index in [1.807, 2.05) is 18.2 Å². The van der Waals surface area contributed by atoms with E-state index in [0.717, 1.165) is 47.7 Å². The molecule has 0 fully saturated rings. The first kappa shape index (κ1) is 24.2. The van der Waals surface area contributed by atoms with Crippen molar-refractivity contribution in [3.8, 4) is 11.5 Å². The number of hydrogen-bond acceptors (Lipinski definition) is 7. The maximum Gasteiger partial charge on any atom is 0.343 e. The minimum atomic E-state index is -0.462. The molecule has 3 aromatic carbocycles. The van der Waals surface area contributed by atoms with Crippen LogP contribution in [0.5, 0.6) is 11.5 Å². The van der Waals surface area contributed by atoms with E-state index < -0.39 is 12.1 Å². The number of nitrogens with zero attached hydrogens (tertiary/aromatic N) is 1. The van der Waals surface area contributed by atoms with Crippen LogP contribution < -0.4 is 20.1 Å². The van der Waals surface area contributed by atoms with Gasteiger partial charge in [0.1, 0.15) is 11.2 Å². The average Bonchev–Trinajstić information content (AvgIpc) is 3.32. The van der Waals surface area contributed by atoms with E-state index in [1.165, 1.54) is 17.6 Å². The molecule has 2 aliphatic rings. The second-order valence-electron chi connectivity index (χ2n) is 9.37. The highest BCUT2D eigenvalue weighted by Gasteiger charge is 2.33. The molecule has 192 valence electrons. The van der Waals surface area contributed by atoms with Gasteiger partial charge in [0.15, 0.2) is 11.5 Å². The highest BCUT2D eigenvalue weighted by atomic mass is 32.1. The fourth-order valence-electron chi connectivity index (χ4n) is 4.99. The molecule has 0 radical (unpaired) electrons. The normalized spacial score (nSPS) is 16.6. The monoisotopic (exact) mass is 525 g/mol. The van der Waals surface area contributed by atoms with Crippen LogP contribution in [0, 0.1) is 0 Å². The maximum absolute atomic E-state index is 13.2. The van der Waals surface area contributed by atoms with Gasteiger partial charge in [0.2, 0.25) is 0 Å². The van der Waals surface area contributed by atoms with E-state index in [1.54, 1.807) is 47.7 Å². The molecular weight excluding hydrogens is 498 g/mol. The number of methoxy groups -OCH3 is 1. The third-order valence-corrected chi connectivity index (χ3v) is 8.04. The minimum absolute atomic E-state index is 0.0729. The average molecular weight is 526 g/mol. The van der Waals surface area contributed by atoms with Gasteiger partial charge in [0, 0.05) is 24.5 Å². The van der Waals surface area contributed by atoms with Gasteiger partial charge in [0.25, 0.3) is 5.91 Å². The van der Waals surface area contributed by atoms with Crippen LogP contribution >= 0.6 is 11.3 Å². The molecule has 0 bridgehead atoms. The molecule has 6 rings (SSSR count). The zero-order valence-electron chi connectivity index (χ0n) is 20.9. The van der Waals surface area contributed by atoms with Gasteiger partial charge in [-0.3, -0.25) is 9.69 Å². The molecule has 1 atom stereocenters. The summed E-state index contributed by atoms with van der Waals surface area (Å²) in [6.45, 7) is 2.64. The molecule has 1 unspecified atom stereocenters. The molecule has 0 aliphatic carbocycles. The number of benzene rings is 3. The molecule has 0 spiro atoms. The zero-order chi connectivity index (χ0) is 26.1. The lowest BCUT2D eigenvalue weighted by Gasteiger charge is -2.29. The Hall–Kier alpha value is -4.14. The van der Waals surface area contributed by atoms with Crippen molar-refractivity contribution in [2.24, 2.45) is 0 Å². The van der Waals surface area contributed by atoms with Crippen LogP contribution in [0.4, 0.5) is 5.00 Å².